The molecule has 0 aliphatic carbocycles. The lowest BCUT2D eigenvalue weighted by molar-refractivity contribution is -0.124. The minimum atomic E-state index is -0.350. The summed E-state index contributed by atoms with van der Waals surface area (Å²) in [5.74, 6) is -0.0614. The summed E-state index contributed by atoms with van der Waals surface area (Å²) >= 11 is 3.40. The van der Waals surface area contributed by atoms with Gasteiger partial charge in [0.05, 0.1) is 15.9 Å². The van der Waals surface area contributed by atoms with Gasteiger partial charge in [-0.25, -0.2) is 0 Å². The molecule has 0 spiro atoms. The molecule has 0 saturated carbocycles. The quantitative estimate of drug-likeness (QED) is 0.897. The molecular formula is C14H20BrN5O. The van der Waals surface area contributed by atoms with Gasteiger partial charge in [0.15, 0.2) is 0 Å². The zero-order valence-electron chi connectivity index (χ0n) is 12.7. The highest BCUT2D eigenvalue weighted by atomic mass is 79.9. The molecule has 0 aliphatic heterocycles. The molecule has 21 heavy (non-hydrogen) atoms. The van der Waals surface area contributed by atoms with Crippen LogP contribution in [-0.4, -0.2) is 25.5 Å². The molecule has 2 aromatic heterocycles. The van der Waals surface area contributed by atoms with E-state index in [1.165, 1.54) is 0 Å². The fraction of sp³-hybridized carbons (Fsp3) is 0.500. The second kappa shape index (κ2) is 6.43. The van der Waals surface area contributed by atoms with Crippen LogP contribution >= 0.6 is 15.9 Å². The number of aromatic nitrogens is 4. The third-order valence-corrected chi connectivity index (χ3v) is 4.24. The lowest BCUT2D eigenvalue weighted by Gasteiger charge is -2.12. The zero-order chi connectivity index (χ0) is 15.6. The van der Waals surface area contributed by atoms with Crippen LogP contribution in [0.2, 0.25) is 0 Å². The van der Waals surface area contributed by atoms with Crippen molar-refractivity contribution in [3.8, 4) is 0 Å². The van der Waals surface area contributed by atoms with E-state index in [0.717, 1.165) is 28.0 Å². The minimum absolute atomic E-state index is 0.0614. The number of amides is 1. The molecule has 2 aromatic rings. The summed E-state index contributed by atoms with van der Waals surface area (Å²) in [5, 5.41) is 11.6. The van der Waals surface area contributed by atoms with E-state index in [1.54, 1.807) is 4.68 Å². The van der Waals surface area contributed by atoms with Gasteiger partial charge in [-0.1, -0.05) is 0 Å². The number of carbonyl (C=O) groups excluding carboxylic acids is 1. The van der Waals surface area contributed by atoms with Crippen molar-refractivity contribution in [2.45, 2.75) is 46.8 Å². The smallest absolute Gasteiger partial charge is 0.244 e. The first-order chi connectivity index (χ1) is 9.92. The fourth-order valence-corrected chi connectivity index (χ4v) is 2.29. The molecular weight excluding hydrogens is 334 g/mol. The maximum Gasteiger partial charge on any atom is 0.244 e. The molecule has 114 valence electrons. The Labute approximate surface area is 132 Å². The molecule has 0 saturated heterocycles. The molecule has 2 heterocycles. The highest BCUT2D eigenvalue weighted by Gasteiger charge is 2.17. The number of nitrogens with one attached hydrogen (secondary N) is 1. The average molecular weight is 354 g/mol. The molecule has 0 fully saturated rings. The largest absolute Gasteiger partial charge is 0.350 e. The van der Waals surface area contributed by atoms with Gasteiger partial charge in [-0.15, -0.1) is 0 Å². The third kappa shape index (κ3) is 3.53. The van der Waals surface area contributed by atoms with Gasteiger partial charge in [0, 0.05) is 31.0 Å². The molecule has 1 unspecified atom stereocenters. The van der Waals surface area contributed by atoms with E-state index < -0.39 is 0 Å². The van der Waals surface area contributed by atoms with Crippen molar-refractivity contribution >= 4 is 21.8 Å². The Morgan fingerprint density at radius 2 is 2.05 bits per heavy atom. The molecule has 0 radical (unpaired) electrons. The van der Waals surface area contributed by atoms with E-state index in [2.05, 4.69) is 31.4 Å². The summed E-state index contributed by atoms with van der Waals surface area (Å²) < 4.78 is 4.44. The second-order valence-corrected chi connectivity index (χ2v) is 5.89. The van der Waals surface area contributed by atoms with E-state index >= 15 is 0 Å². The van der Waals surface area contributed by atoms with Crippen molar-refractivity contribution in [2.24, 2.45) is 0 Å². The van der Waals surface area contributed by atoms with Crippen molar-refractivity contribution in [1.82, 2.24) is 24.9 Å². The summed E-state index contributed by atoms with van der Waals surface area (Å²) in [4.78, 5) is 12.2. The topological polar surface area (TPSA) is 64.7 Å². The molecule has 6 nitrogen and oxygen atoms in total. The van der Waals surface area contributed by atoms with Gasteiger partial charge in [-0.05, 0) is 43.6 Å². The first kappa shape index (κ1) is 15.8. The molecule has 1 atom stereocenters. The number of hydrogen-bond donors (Lipinski definition) is 1. The van der Waals surface area contributed by atoms with Crippen molar-refractivity contribution in [2.75, 3.05) is 0 Å². The molecule has 0 aliphatic rings. The standard InChI is InChI=1S/C14H20BrN5O/c1-5-19-7-12(9(2)17-19)6-16-14(21)11(4)20-8-13(15)10(3)18-20/h7-8,11H,5-6H2,1-4H3,(H,16,21). The highest BCUT2D eigenvalue weighted by Crippen LogP contribution is 2.16. The molecule has 7 heteroatoms. The maximum atomic E-state index is 12.2. The summed E-state index contributed by atoms with van der Waals surface area (Å²) in [6, 6.07) is -0.350. The molecule has 0 bridgehead atoms. The molecule has 1 N–H and O–H groups in total. The first-order valence-corrected chi connectivity index (χ1v) is 7.73. The Morgan fingerprint density at radius 3 is 2.57 bits per heavy atom. The number of hydrogen-bond acceptors (Lipinski definition) is 3. The Hall–Kier alpha value is -1.63. The van der Waals surface area contributed by atoms with Gasteiger partial charge in [0.1, 0.15) is 6.04 Å². The van der Waals surface area contributed by atoms with Crippen LogP contribution in [0.25, 0.3) is 0 Å². The van der Waals surface area contributed by atoms with Crippen LogP contribution in [0.5, 0.6) is 0 Å². The Balaban J connectivity index is 1.99. The van der Waals surface area contributed by atoms with Crippen molar-refractivity contribution in [3.05, 3.63) is 33.8 Å². The predicted molar refractivity (Wildman–Crippen MR) is 83.9 cm³/mol. The average Bonchev–Trinajstić information content (AvgIpc) is 2.98. The van der Waals surface area contributed by atoms with Crippen LogP contribution in [-0.2, 0) is 17.9 Å². The predicted octanol–water partition coefficient (Wildman–Crippen LogP) is 2.36. The number of halogens is 1. The normalized spacial score (nSPS) is 12.4. The second-order valence-electron chi connectivity index (χ2n) is 5.03. The highest BCUT2D eigenvalue weighted by molar-refractivity contribution is 9.10. The van der Waals surface area contributed by atoms with E-state index in [4.69, 9.17) is 0 Å². The van der Waals surface area contributed by atoms with E-state index in [-0.39, 0.29) is 11.9 Å². The Bertz CT molecular complexity index is 626. The van der Waals surface area contributed by atoms with E-state index in [9.17, 15) is 4.79 Å². The van der Waals surface area contributed by atoms with E-state index in [0.29, 0.717) is 6.54 Å². The van der Waals surface area contributed by atoms with Crippen LogP contribution in [0.15, 0.2) is 16.9 Å². The van der Waals surface area contributed by atoms with E-state index in [1.807, 2.05) is 44.8 Å². The van der Waals surface area contributed by atoms with Gasteiger partial charge in [0.2, 0.25) is 5.91 Å². The monoisotopic (exact) mass is 353 g/mol. The summed E-state index contributed by atoms with van der Waals surface area (Å²) in [7, 11) is 0. The Kier molecular flexibility index (Phi) is 4.82. The van der Waals surface area contributed by atoms with Crippen LogP contribution in [0.3, 0.4) is 0 Å². The summed E-state index contributed by atoms with van der Waals surface area (Å²) in [6.45, 7) is 9.02. The molecule has 1 amide bonds. The van der Waals surface area contributed by atoms with Crippen LogP contribution in [0.1, 0.15) is 36.8 Å². The number of carbonyl (C=O) groups is 1. The lowest BCUT2D eigenvalue weighted by Crippen LogP contribution is -2.31. The van der Waals surface area contributed by atoms with Crippen LogP contribution in [0.4, 0.5) is 0 Å². The lowest BCUT2D eigenvalue weighted by atomic mass is 10.2. The fourth-order valence-electron chi connectivity index (χ4n) is 2.00. The summed E-state index contributed by atoms with van der Waals surface area (Å²) in [6.07, 6.45) is 3.79. The maximum absolute atomic E-state index is 12.2. The van der Waals surface area contributed by atoms with Gasteiger partial charge in [-0.3, -0.25) is 14.2 Å². The zero-order valence-corrected chi connectivity index (χ0v) is 14.3. The van der Waals surface area contributed by atoms with Crippen molar-refractivity contribution in [3.63, 3.8) is 0 Å². The third-order valence-electron chi connectivity index (χ3n) is 3.46. The number of nitrogens with zero attached hydrogens (tertiary/aromatic N) is 4. The molecule has 0 aromatic carbocycles. The summed E-state index contributed by atoms with van der Waals surface area (Å²) in [5.41, 5.74) is 2.85. The van der Waals surface area contributed by atoms with Gasteiger partial charge < -0.3 is 5.32 Å². The van der Waals surface area contributed by atoms with Gasteiger partial charge >= 0.3 is 0 Å². The first-order valence-electron chi connectivity index (χ1n) is 6.94. The van der Waals surface area contributed by atoms with Crippen molar-refractivity contribution < 1.29 is 4.79 Å². The number of rotatable bonds is 5. The van der Waals surface area contributed by atoms with Crippen LogP contribution < -0.4 is 5.32 Å². The van der Waals surface area contributed by atoms with Gasteiger partial charge in [0.25, 0.3) is 0 Å². The number of aryl methyl sites for hydroxylation is 3. The Morgan fingerprint density at radius 1 is 1.33 bits per heavy atom. The minimum Gasteiger partial charge on any atom is -0.350 e. The SMILES string of the molecule is CCn1cc(CNC(=O)C(C)n2cc(Br)c(C)n2)c(C)n1. The van der Waals surface area contributed by atoms with Gasteiger partial charge in [-0.2, -0.15) is 10.2 Å². The van der Waals surface area contributed by atoms with Crippen molar-refractivity contribution in [1.29, 1.82) is 0 Å². The van der Waals surface area contributed by atoms with Crippen LogP contribution in [0, 0.1) is 13.8 Å². The molecule has 2 rings (SSSR count).